The van der Waals surface area contributed by atoms with Crippen LogP contribution in [0.4, 0.5) is 0 Å². The number of hydrogen-bond acceptors (Lipinski definition) is 2. The summed E-state index contributed by atoms with van der Waals surface area (Å²) in [4.78, 5) is 4.98. The number of nitrogens with zero attached hydrogens (tertiary/aromatic N) is 1. The molecule has 1 aliphatic heterocycles. The summed E-state index contributed by atoms with van der Waals surface area (Å²) in [5.41, 5.74) is 4.19. The van der Waals surface area contributed by atoms with Gasteiger partial charge in [0.05, 0.1) is 17.0 Å². The Morgan fingerprint density at radius 3 is 2.59 bits per heavy atom. The van der Waals surface area contributed by atoms with E-state index in [0.717, 1.165) is 17.7 Å². The first kappa shape index (κ1) is 12.3. The normalized spacial score (nSPS) is 37.0. The van der Waals surface area contributed by atoms with Crippen LogP contribution in [0.3, 0.4) is 0 Å². The van der Waals surface area contributed by atoms with Crippen molar-refractivity contribution in [2.75, 3.05) is 0 Å². The highest BCUT2D eigenvalue weighted by molar-refractivity contribution is 6.23. The molecular weight excluding hydrogens is 208 g/mol. The van der Waals surface area contributed by atoms with Crippen molar-refractivity contribution in [2.45, 2.75) is 46.6 Å². The Hall–Kier alpha value is -1.18. The molecule has 2 nitrogen and oxygen atoms in total. The maximum Gasteiger partial charge on any atom is 0.0646 e. The van der Waals surface area contributed by atoms with Gasteiger partial charge < -0.3 is 5.41 Å². The summed E-state index contributed by atoms with van der Waals surface area (Å²) in [6, 6.07) is 0. The Bertz CT molecular complexity index is 454. The van der Waals surface area contributed by atoms with E-state index in [2.05, 4.69) is 34.6 Å². The highest BCUT2D eigenvalue weighted by Gasteiger charge is 2.40. The molecule has 0 aromatic heterocycles. The van der Waals surface area contributed by atoms with Gasteiger partial charge in [-0.25, -0.2) is 0 Å². The lowest BCUT2D eigenvalue weighted by molar-refractivity contribution is 0.245. The minimum atomic E-state index is 0.0424. The first-order chi connectivity index (χ1) is 7.89. The third-order valence-corrected chi connectivity index (χ3v) is 4.63. The fraction of sp³-hybridized carbons (Fsp3) is 0.600. The third-order valence-electron chi connectivity index (χ3n) is 4.63. The van der Waals surface area contributed by atoms with Gasteiger partial charge in [-0.2, -0.15) is 0 Å². The molecule has 0 spiro atoms. The summed E-state index contributed by atoms with van der Waals surface area (Å²) in [6.07, 6.45) is 4.98. The summed E-state index contributed by atoms with van der Waals surface area (Å²) >= 11 is 0. The molecule has 0 saturated heterocycles. The average Bonchev–Trinajstić information content (AvgIpc) is 2.28. The van der Waals surface area contributed by atoms with Gasteiger partial charge in [0.15, 0.2) is 0 Å². The lowest BCUT2D eigenvalue weighted by atomic mass is 9.69. The second-order valence-electron chi connectivity index (χ2n) is 5.63. The van der Waals surface area contributed by atoms with E-state index < -0.39 is 0 Å². The molecule has 2 rings (SSSR count). The molecule has 0 aromatic carbocycles. The largest absolute Gasteiger partial charge is 0.301 e. The van der Waals surface area contributed by atoms with Crippen molar-refractivity contribution in [3.05, 3.63) is 23.3 Å². The quantitative estimate of drug-likeness (QED) is 0.665. The Morgan fingerprint density at radius 1 is 1.35 bits per heavy atom. The molecular formula is C15H22N2. The van der Waals surface area contributed by atoms with Gasteiger partial charge in [-0.05, 0) is 55.4 Å². The molecule has 3 atom stereocenters. The van der Waals surface area contributed by atoms with Crippen LogP contribution in [0, 0.1) is 17.2 Å². The number of aliphatic imine (C=N–C) groups is 1. The minimum Gasteiger partial charge on any atom is -0.301 e. The predicted molar refractivity (Wildman–Crippen MR) is 74.0 cm³/mol. The Balaban J connectivity index is 2.57. The maximum absolute atomic E-state index is 7.83. The molecule has 1 heterocycles. The zero-order valence-corrected chi connectivity index (χ0v) is 11.5. The van der Waals surface area contributed by atoms with Crippen molar-refractivity contribution >= 4 is 11.4 Å². The monoisotopic (exact) mass is 230 g/mol. The summed E-state index contributed by atoms with van der Waals surface area (Å²) < 4.78 is 0. The van der Waals surface area contributed by atoms with Crippen LogP contribution >= 0.6 is 0 Å². The van der Waals surface area contributed by atoms with Gasteiger partial charge >= 0.3 is 0 Å². The van der Waals surface area contributed by atoms with E-state index in [9.17, 15) is 0 Å². The van der Waals surface area contributed by atoms with Crippen LogP contribution in [-0.4, -0.2) is 17.0 Å². The highest BCUT2D eigenvalue weighted by Crippen LogP contribution is 2.41. The van der Waals surface area contributed by atoms with Gasteiger partial charge in [0.2, 0.25) is 0 Å². The van der Waals surface area contributed by atoms with Crippen LogP contribution in [0.25, 0.3) is 0 Å². The fourth-order valence-electron chi connectivity index (χ4n) is 2.87. The number of allylic oxidation sites excluding steroid dienone is 4. The van der Waals surface area contributed by atoms with Crippen LogP contribution in [0.5, 0.6) is 0 Å². The molecule has 2 heteroatoms. The van der Waals surface area contributed by atoms with Crippen LogP contribution in [-0.2, 0) is 0 Å². The molecule has 2 aliphatic rings. The van der Waals surface area contributed by atoms with Crippen LogP contribution in [0.15, 0.2) is 28.3 Å². The molecule has 0 radical (unpaired) electrons. The molecule has 17 heavy (non-hydrogen) atoms. The van der Waals surface area contributed by atoms with E-state index in [1.807, 2.05) is 12.2 Å². The van der Waals surface area contributed by atoms with Crippen molar-refractivity contribution in [3.63, 3.8) is 0 Å². The van der Waals surface area contributed by atoms with Crippen molar-refractivity contribution in [2.24, 2.45) is 16.8 Å². The predicted octanol–water partition coefficient (Wildman–Crippen LogP) is 3.79. The second kappa shape index (κ2) is 3.94. The van der Waals surface area contributed by atoms with Crippen LogP contribution in [0.1, 0.15) is 41.0 Å². The smallest absolute Gasteiger partial charge is 0.0646 e. The van der Waals surface area contributed by atoms with E-state index in [1.165, 1.54) is 5.57 Å². The van der Waals surface area contributed by atoms with Crippen molar-refractivity contribution in [1.29, 1.82) is 5.41 Å². The maximum atomic E-state index is 7.83. The highest BCUT2D eigenvalue weighted by atomic mass is 14.9. The van der Waals surface area contributed by atoms with Crippen molar-refractivity contribution in [3.8, 4) is 0 Å². The topological polar surface area (TPSA) is 36.2 Å². The SMILES string of the molecule is CCC1(C)N=C2C(C)=CC(=N)C=C2C(C)C1C. The van der Waals surface area contributed by atoms with Crippen LogP contribution < -0.4 is 0 Å². The van der Waals surface area contributed by atoms with E-state index >= 15 is 0 Å². The van der Waals surface area contributed by atoms with E-state index in [4.69, 9.17) is 10.4 Å². The van der Waals surface area contributed by atoms with Gasteiger partial charge in [-0.15, -0.1) is 0 Å². The zero-order chi connectivity index (χ0) is 12.8. The lowest BCUT2D eigenvalue weighted by Crippen LogP contribution is -2.42. The Morgan fingerprint density at radius 2 is 2.00 bits per heavy atom. The molecule has 1 N–H and O–H groups in total. The standard InChI is InChI=1S/C15H22N2/c1-6-15(5)11(4)10(3)13-8-12(16)7-9(2)14(13)17-15/h7-8,10-11,16H,6H2,1-5H3. The zero-order valence-electron chi connectivity index (χ0n) is 11.5. The molecule has 3 unspecified atom stereocenters. The lowest BCUT2D eigenvalue weighted by Gasteiger charge is -2.42. The minimum absolute atomic E-state index is 0.0424. The molecule has 0 amide bonds. The van der Waals surface area contributed by atoms with E-state index in [-0.39, 0.29) is 5.54 Å². The van der Waals surface area contributed by atoms with E-state index in [0.29, 0.717) is 17.5 Å². The number of rotatable bonds is 1. The Labute approximate surface area is 104 Å². The third kappa shape index (κ3) is 1.80. The van der Waals surface area contributed by atoms with Gasteiger partial charge in [0, 0.05) is 0 Å². The number of fused-ring (bicyclic) bond motifs is 1. The van der Waals surface area contributed by atoms with Crippen LogP contribution in [0.2, 0.25) is 0 Å². The molecule has 0 bridgehead atoms. The molecule has 0 fully saturated rings. The summed E-state index contributed by atoms with van der Waals surface area (Å²) in [6.45, 7) is 11.1. The van der Waals surface area contributed by atoms with Gasteiger partial charge in [-0.3, -0.25) is 4.99 Å². The van der Waals surface area contributed by atoms with Crippen molar-refractivity contribution < 1.29 is 0 Å². The number of hydrogen-bond donors (Lipinski definition) is 1. The molecule has 0 saturated carbocycles. The van der Waals surface area contributed by atoms with Gasteiger partial charge in [-0.1, -0.05) is 20.8 Å². The van der Waals surface area contributed by atoms with Gasteiger partial charge in [0.25, 0.3) is 0 Å². The van der Waals surface area contributed by atoms with Crippen molar-refractivity contribution in [1.82, 2.24) is 0 Å². The second-order valence-corrected chi connectivity index (χ2v) is 5.63. The van der Waals surface area contributed by atoms with Gasteiger partial charge in [0.1, 0.15) is 0 Å². The molecule has 0 aromatic rings. The summed E-state index contributed by atoms with van der Waals surface area (Å²) in [5.74, 6) is 1.01. The summed E-state index contributed by atoms with van der Waals surface area (Å²) in [7, 11) is 0. The number of nitrogens with one attached hydrogen (secondary N) is 1. The van der Waals surface area contributed by atoms with E-state index in [1.54, 1.807) is 0 Å². The average molecular weight is 230 g/mol. The first-order valence-corrected chi connectivity index (χ1v) is 6.48. The Kier molecular flexibility index (Phi) is 2.84. The molecule has 1 aliphatic carbocycles. The fourth-order valence-corrected chi connectivity index (χ4v) is 2.87. The first-order valence-electron chi connectivity index (χ1n) is 6.48. The summed E-state index contributed by atoms with van der Waals surface area (Å²) in [5, 5.41) is 7.83. The molecule has 92 valence electrons.